The number of rotatable bonds is 3. The smallest absolute Gasteiger partial charge is 0.259 e. The highest BCUT2D eigenvalue weighted by molar-refractivity contribution is 7.80. The van der Waals surface area contributed by atoms with E-state index in [9.17, 15) is 9.90 Å². The fourth-order valence-electron chi connectivity index (χ4n) is 1.79. The molecule has 0 unspecified atom stereocenters. The van der Waals surface area contributed by atoms with E-state index < -0.39 is 0 Å². The largest absolute Gasteiger partial charge is 0.507 e. The lowest BCUT2D eigenvalue weighted by Crippen LogP contribution is -2.14. The highest BCUT2D eigenvalue weighted by atomic mass is 32.1. The minimum absolute atomic E-state index is 0.0181. The Hall–Kier alpha value is -2.40. The van der Waals surface area contributed by atoms with E-state index >= 15 is 0 Å². The number of aryl methyl sites for hydroxylation is 1. The summed E-state index contributed by atoms with van der Waals surface area (Å²) in [6.07, 6.45) is 0. The van der Waals surface area contributed by atoms with Gasteiger partial charge in [0.2, 0.25) is 0 Å². The van der Waals surface area contributed by atoms with Crippen molar-refractivity contribution in [1.82, 2.24) is 0 Å². The van der Waals surface area contributed by atoms with Crippen LogP contribution >= 0.6 is 12.2 Å². The number of carbonyl (C=O) groups excluding carboxylic acids is 1. The molecule has 0 heterocycles. The lowest BCUT2D eigenvalue weighted by molar-refractivity contribution is 0.102. The number of benzene rings is 2. The van der Waals surface area contributed by atoms with Gasteiger partial charge in [-0.3, -0.25) is 4.79 Å². The Morgan fingerprint density at radius 2 is 1.95 bits per heavy atom. The predicted molar refractivity (Wildman–Crippen MR) is 83.1 cm³/mol. The normalized spacial score (nSPS) is 10.1. The number of hydrogen-bond donors (Lipinski definition) is 3. The van der Waals surface area contributed by atoms with Crippen LogP contribution in [0.1, 0.15) is 21.5 Å². The molecule has 0 fully saturated rings. The first-order valence-electron chi connectivity index (χ1n) is 5.99. The van der Waals surface area contributed by atoms with Crippen LogP contribution < -0.4 is 11.1 Å². The zero-order valence-corrected chi connectivity index (χ0v) is 11.7. The molecule has 20 heavy (non-hydrogen) atoms. The van der Waals surface area contributed by atoms with E-state index in [4.69, 9.17) is 18.0 Å². The summed E-state index contributed by atoms with van der Waals surface area (Å²) >= 11 is 4.89. The third kappa shape index (κ3) is 2.95. The number of thiocarbonyl (C=S) groups is 1. The monoisotopic (exact) mass is 286 g/mol. The van der Waals surface area contributed by atoms with Crippen molar-refractivity contribution in [3.05, 3.63) is 59.2 Å². The van der Waals surface area contributed by atoms with Gasteiger partial charge in [0.25, 0.3) is 5.91 Å². The van der Waals surface area contributed by atoms with E-state index in [0.717, 1.165) is 0 Å². The molecule has 0 saturated heterocycles. The molecule has 0 bridgehead atoms. The standard InChI is InChI=1S/C15H14N2O2S/c1-9-4-2-7-12(13(9)18)15(19)17-11-6-3-5-10(8-11)14(16)20/h2-8,18H,1H3,(H2,16,20)(H,17,19). The van der Waals surface area contributed by atoms with Gasteiger partial charge in [0.1, 0.15) is 10.7 Å². The Balaban J connectivity index is 2.26. The predicted octanol–water partition coefficient (Wildman–Crippen LogP) is 2.59. The van der Waals surface area contributed by atoms with Crippen molar-refractivity contribution in [2.75, 3.05) is 5.32 Å². The Labute approximate surface area is 122 Å². The lowest BCUT2D eigenvalue weighted by atomic mass is 10.1. The van der Waals surface area contributed by atoms with Crippen LogP contribution in [-0.2, 0) is 0 Å². The number of phenols is 1. The van der Waals surface area contributed by atoms with E-state index in [1.165, 1.54) is 0 Å². The van der Waals surface area contributed by atoms with Gasteiger partial charge >= 0.3 is 0 Å². The molecule has 5 heteroatoms. The maximum atomic E-state index is 12.1. The molecule has 4 N–H and O–H groups in total. The first kappa shape index (κ1) is 14.0. The van der Waals surface area contributed by atoms with Crippen LogP contribution in [0.5, 0.6) is 5.75 Å². The highest BCUT2D eigenvalue weighted by Crippen LogP contribution is 2.22. The maximum absolute atomic E-state index is 12.1. The minimum Gasteiger partial charge on any atom is -0.507 e. The van der Waals surface area contributed by atoms with Gasteiger partial charge in [-0.15, -0.1) is 0 Å². The number of aromatic hydroxyl groups is 1. The molecule has 0 saturated carbocycles. The molecule has 2 aromatic carbocycles. The Morgan fingerprint density at radius 1 is 1.25 bits per heavy atom. The molecule has 0 aromatic heterocycles. The molecule has 1 amide bonds. The first-order chi connectivity index (χ1) is 9.49. The molecule has 102 valence electrons. The third-order valence-corrected chi connectivity index (χ3v) is 3.12. The van der Waals surface area contributed by atoms with E-state index in [-0.39, 0.29) is 22.2 Å². The molecule has 0 spiro atoms. The number of carbonyl (C=O) groups is 1. The van der Waals surface area contributed by atoms with Crippen LogP contribution in [0.3, 0.4) is 0 Å². The number of hydrogen-bond acceptors (Lipinski definition) is 3. The van der Waals surface area contributed by atoms with E-state index in [1.54, 1.807) is 49.4 Å². The molecule has 0 atom stereocenters. The zero-order valence-electron chi connectivity index (χ0n) is 10.9. The van der Waals surface area contributed by atoms with Crippen molar-refractivity contribution in [2.24, 2.45) is 5.73 Å². The summed E-state index contributed by atoms with van der Waals surface area (Å²) in [7, 11) is 0. The summed E-state index contributed by atoms with van der Waals surface area (Å²) in [5, 5.41) is 12.6. The Morgan fingerprint density at radius 3 is 2.65 bits per heavy atom. The zero-order chi connectivity index (χ0) is 14.7. The number of anilines is 1. The van der Waals surface area contributed by atoms with Gasteiger partial charge in [0.15, 0.2) is 0 Å². The maximum Gasteiger partial charge on any atom is 0.259 e. The molecule has 0 aliphatic rings. The summed E-state index contributed by atoms with van der Waals surface area (Å²) in [6, 6.07) is 12.0. The van der Waals surface area contributed by atoms with Crippen molar-refractivity contribution in [2.45, 2.75) is 6.92 Å². The van der Waals surface area contributed by atoms with E-state index in [0.29, 0.717) is 16.8 Å². The van der Waals surface area contributed by atoms with Gasteiger partial charge in [0.05, 0.1) is 5.56 Å². The van der Waals surface area contributed by atoms with Gasteiger partial charge in [0, 0.05) is 11.3 Å². The second kappa shape index (κ2) is 5.71. The quantitative estimate of drug-likeness (QED) is 0.758. The van der Waals surface area contributed by atoms with Crippen LogP contribution in [0.2, 0.25) is 0 Å². The number of amides is 1. The third-order valence-electron chi connectivity index (χ3n) is 2.89. The number of nitrogens with one attached hydrogen (secondary N) is 1. The number of phenolic OH excluding ortho intramolecular Hbond substituents is 1. The average Bonchev–Trinajstić information content (AvgIpc) is 2.42. The van der Waals surface area contributed by atoms with Crippen LogP contribution in [0.25, 0.3) is 0 Å². The fraction of sp³-hybridized carbons (Fsp3) is 0.0667. The van der Waals surface area contributed by atoms with Crippen molar-refractivity contribution in [1.29, 1.82) is 0 Å². The average molecular weight is 286 g/mol. The fourth-order valence-corrected chi connectivity index (χ4v) is 1.92. The van der Waals surface area contributed by atoms with Crippen LogP contribution in [0.4, 0.5) is 5.69 Å². The lowest BCUT2D eigenvalue weighted by Gasteiger charge is -2.09. The number of nitrogens with two attached hydrogens (primary N) is 1. The number of para-hydroxylation sites is 1. The molecule has 0 aliphatic heterocycles. The SMILES string of the molecule is Cc1cccc(C(=O)Nc2cccc(C(N)=S)c2)c1O. The highest BCUT2D eigenvalue weighted by Gasteiger charge is 2.12. The van der Waals surface area contributed by atoms with Crippen LogP contribution in [0, 0.1) is 6.92 Å². The van der Waals surface area contributed by atoms with Gasteiger partial charge < -0.3 is 16.2 Å². The summed E-state index contributed by atoms with van der Waals surface area (Å²) in [6.45, 7) is 1.74. The summed E-state index contributed by atoms with van der Waals surface area (Å²) in [5.41, 5.74) is 7.67. The molecular weight excluding hydrogens is 272 g/mol. The van der Waals surface area contributed by atoms with Crippen LogP contribution in [-0.4, -0.2) is 16.0 Å². The van der Waals surface area contributed by atoms with Crippen LogP contribution in [0.15, 0.2) is 42.5 Å². The van der Waals surface area contributed by atoms with Crippen molar-refractivity contribution >= 4 is 28.8 Å². The van der Waals surface area contributed by atoms with Gasteiger partial charge in [-0.1, -0.05) is 36.5 Å². The summed E-state index contributed by atoms with van der Waals surface area (Å²) in [5.74, 6) is -0.401. The first-order valence-corrected chi connectivity index (χ1v) is 6.39. The van der Waals surface area contributed by atoms with E-state index in [1.807, 2.05) is 0 Å². The Bertz CT molecular complexity index is 683. The van der Waals surface area contributed by atoms with E-state index in [2.05, 4.69) is 5.32 Å². The molecule has 4 nitrogen and oxygen atoms in total. The van der Waals surface area contributed by atoms with Gasteiger partial charge in [-0.2, -0.15) is 0 Å². The molecular formula is C15H14N2O2S. The second-order valence-corrected chi connectivity index (χ2v) is 4.81. The topological polar surface area (TPSA) is 75.4 Å². The molecule has 2 aromatic rings. The molecule has 2 rings (SSSR count). The van der Waals surface area contributed by atoms with Crippen molar-refractivity contribution < 1.29 is 9.90 Å². The molecule has 0 radical (unpaired) electrons. The molecule has 0 aliphatic carbocycles. The van der Waals surface area contributed by atoms with Gasteiger partial charge in [-0.05, 0) is 30.7 Å². The van der Waals surface area contributed by atoms with Crippen molar-refractivity contribution in [3.63, 3.8) is 0 Å². The second-order valence-electron chi connectivity index (χ2n) is 4.37. The minimum atomic E-state index is -0.383. The summed E-state index contributed by atoms with van der Waals surface area (Å²) < 4.78 is 0. The Kier molecular flexibility index (Phi) is 4.00. The van der Waals surface area contributed by atoms with Crippen molar-refractivity contribution in [3.8, 4) is 5.75 Å². The summed E-state index contributed by atoms with van der Waals surface area (Å²) in [4.78, 5) is 12.4. The van der Waals surface area contributed by atoms with Gasteiger partial charge in [-0.25, -0.2) is 0 Å².